The van der Waals surface area contributed by atoms with Gasteiger partial charge in [-0.3, -0.25) is 4.79 Å². The molecule has 0 saturated heterocycles. The van der Waals surface area contributed by atoms with Crippen molar-refractivity contribution in [3.63, 3.8) is 0 Å². The third-order valence-electron chi connectivity index (χ3n) is 3.94. The van der Waals surface area contributed by atoms with Crippen LogP contribution in [0, 0.1) is 5.92 Å². The summed E-state index contributed by atoms with van der Waals surface area (Å²) < 4.78 is 0. The van der Waals surface area contributed by atoms with Gasteiger partial charge in [-0.05, 0) is 37.7 Å². The van der Waals surface area contributed by atoms with E-state index in [-0.39, 0.29) is 17.1 Å². The summed E-state index contributed by atoms with van der Waals surface area (Å²) >= 11 is 11.6. The summed E-state index contributed by atoms with van der Waals surface area (Å²) in [5.74, 6) is 0.717. The lowest BCUT2D eigenvalue weighted by molar-refractivity contribution is 0.0921. The highest BCUT2D eigenvalue weighted by atomic mass is 35.5. The van der Waals surface area contributed by atoms with E-state index in [1.807, 2.05) is 0 Å². The van der Waals surface area contributed by atoms with Gasteiger partial charge in [0.1, 0.15) is 5.15 Å². The SMILES string of the molecule is CCCC1CCC(NC(=O)c2cnc(Cl)c(Cl)c2)CC1. The number of carbonyl (C=O) groups is 1. The Balaban J connectivity index is 1.87. The van der Waals surface area contributed by atoms with Gasteiger partial charge < -0.3 is 5.32 Å². The van der Waals surface area contributed by atoms with Crippen LogP contribution < -0.4 is 5.32 Å². The standard InChI is InChI=1S/C15H20Cl2N2O/c1-2-3-10-4-6-12(7-5-10)19-15(20)11-8-13(16)14(17)18-9-11/h8-10,12H,2-7H2,1H3,(H,19,20). The molecule has 0 aliphatic heterocycles. The zero-order valence-electron chi connectivity index (χ0n) is 11.7. The molecule has 3 nitrogen and oxygen atoms in total. The van der Waals surface area contributed by atoms with Crippen molar-refractivity contribution in [2.24, 2.45) is 5.92 Å². The molecule has 0 bridgehead atoms. The smallest absolute Gasteiger partial charge is 0.253 e. The van der Waals surface area contributed by atoms with Crippen molar-refractivity contribution in [3.8, 4) is 0 Å². The summed E-state index contributed by atoms with van der Waals surface area (Å²) in [6.45, 7) is 2.23. The van der Waals surface area contributed by atoms with E-state index in [1.54, 1.807) is 6.07 Å². The summed E-state index contributed by atoms with van der Waals surface area (Å²) in [7, 11) is 0. The van der Waals surface area contributed by atoms with Gasteiger partial charge in [0.05, 0.1) is 10.6 Å². The number of aromatic nitrogens is 1. The van der Waals surface area contributed by atoms with Gasteiger partial charge in [0.2, 0.25) is 0 Å². The zero-order valence-corrected chi connectivity index (χ0v) is 13.2. The van der Waals surface area contributed by atoms with Gasteiger partial charge in [0.25, 0.3) is 5.91 Å². The van der Waals surface area contributed by atoms with Gasteiger partial charge in [0, 0.05) is 12.2 Å². The highest BCUT2D eigenvalue weighted by Gasteiger charge is 2.22. The first-order chi connectivity index (χ1) is 9.60. The van der Waals surface area contributed by atoms with Crippen LogP contribution in [0.25, 0.3) is 0 Å². The highest BCUT2D eigenvalue weighted by Crippen LogP contribution is 2.28. The topological polar surface area (TPSA) is 42.0 Å². The molecule has 1 fully saturated rings. The van der Waals surface area contributed by atoms with E-state index >= 15 is 0 Å². The van der Waals surface area contributed by atoms with Crippen LogP contribution >= 0.6 is 23.2 Å². The van der Waals surface area contributed by atoms with Gasteiger partial charge in [-0.2, -0.15) is 0 Å². The van der Waals surface area contributed by atoms with Gasteiger partial charge >= 0.3 is 0 Å². The van der Waals surface area contributed by atoms with Crippen molar-refractivity contribution in [1.29, 1.82) is 0 Å². The van der Waals surface area contributed by atoms with Gasteiger partial charge in [-0.25, -0.2) is 4.98 Å². The Morgan fingerprint density at radius 3 is 2.65 bits per heavy atom. The first-order valence-corrected chi connectivity index (χ1v) is 7.97. The Kier molecular flexibility index (Phi) is 5.67. The van der Waals surface area contributed by atoms with Gasteiger partial charge in [-0.15, -0.1) is 0 Å². The maximum absolute atomic E-state index is 12.1. The number of rotatable bonds is 4. The Hall–Kier alpha value is -0.800. The minimum atomic E-state index is -0.116. The quantitative estimate of drug-likeness (QED) is 0.833. The number of pyridine rings is 1. The average Bonchev–Trinajstić information content (AvgIpc) is 2.44. The second-order valence-corrected chi connectivity index (χ2v) is 6.24. The molecule has 1 saturated carbocycles. The molecule has 1 heterocycles. The minimum absolute atomic E-state index is 0.116. The molecule has 0 radical (unpaired) electrons. The van der Waals surface area contributed by atoms with E-state index in [0.717, 1.165) is 18.8 Å². The molecule has 20 heavy (non-hydrogen) atoms. The Morgan fingerprint density at radius 2 is 2.05 bits per heavy atom. The summed E-state index contributed by atoms with van der Waals surface area (Å²) in [5.41, 5.74) is 0.468. The van der Waals surface area contributed by atoms with Crippen LogP contribution in [0.4, 0.5) is 0 Å². The zero-order chi connectivity index (χ0) is 14.5. The molecule has 5 heteroatoms. The second-order valence-electron chi connectivity index (χ2n) is 5.48. The van der Waals surface area contributed by atoms with E-state index in [4.69, 9.17) is 23.2 Å². The number of nitrogens with zero attached hydrogens (tertiary/aromatic N) is 1. The summed E-state index contributed by atoms with van der Waals surface area (Å²) in [6.07, 6.45) is 8.55. The maximum Gasteiger partial charge on any atom is 0.253 e. The van der Waals surface area contributed by atoms with E-state index in [2.05, 4.69) is 17.2 Å². The summed E-state index contributed by atoms with van der Waals surface area (Å²) in [5, 5.41) is 3.60. The average molecular weight is 315 g/mol. The molecule has 1 aliphatic carbocycles. The van der Waals surface area contributed by atoms with Crippen LogP contribution in [0.15, 0.2) is 12.3 Å². The fourth-order valence-corrected chi connectivity index (χ4v) is 3.09. The molecule has 0 unspecified atom stereocenters. The van der Waals surface area contributed by atoms with Crippen molar-refractivity contribution in [2.75, 3.05) is 0 Å². The Morgan fingerprint density at radius 1 is 1.35 bits per heavy atom. The van der Waals surface area contributed by atoms with Crippen molar-refractivity contribution >= 4 is 29.1 Å². The molecular weight excluding hydrogens is 295 g/mol. The van der Waals surface area contributed by atoms with Crippen LogP contribution in [0.5, 0.6) is 0 Å². The van der Waals surface area contributed by atoms with Crippen LogP contribution in [0.3, 0.4) is 0 Å². The molecule has 0 spiro atoms. The van der Waals surface area contributed by atoms with E-state index < -0.39 is 0 Å². The third kappa shape index (κ3) is 4.10. The largest absolute Gasteiger partial charge is 0.349 e. The highest BCUT2D eigenvalue weighted by molar-refractivity contribution is 6.41. The number of hydrogen-bond acceptors (Lipinski definition) is 2. The van der Waals surface area contributed by atoms with Crippen LogP contribution in [-0.4, -0.2) is 16.9 Å². The molecule has 1 aliphatic rings. The molecule has 1 aromatic heterocycles. The van der Waals surface area contributed by atoms with E-state index in [9.17, 15) is 4.79 Å². The van der Waals surface area contributed by atoms with Crippen LogP contribution in [0.2, 0.25) is 10.2 Å². The van der Waals surface area contributed by atoms with Crippen LogP contribution in [-0.2, 0) is 0 Å². The number of hydrogen-bond donors (Lipinski definition) is 1. The van der Waals surface area contributed by atoms with Crippen molar-refractivity contribution < 1.29 is 4.79 Å². The maximum atomic E-state index is 12.1. The first-order valence-electron chi connectivity index (χ1n) is 7.22. The van der Waals surface area contributed by atoms with Crippen molar-refractivity contribution in [3.05, 3.63) is 28.0 Å². The van der Waals surface area contributed by atoms with E-state index in [1.165, 1.54) is 31.9 Å². The van der Waals surface area contributed by atoms with Crippen molar-refractivity contribution in [1.82, 2.24) is 10.3 Å². The minimum Gasteiger partial charge on any atom is -0.349 e. The predicted molar refractivity (Wildman–Crippen MR) is 82.4 cm³/mol. The van der Waals surface area contributed by atoms with E-state index in [0.29, 0.717) is 10.6 Å². The molecule has 2 rings (SSSR count). The number of amides is 1. The predicted octanol–water partition coefficient (Wildman–Crippen LogP) is 4.48. The fraction of sp³-hybridized carbons (Fsp3) is 0.600. The third-order valence-corrected chi connectivity index (χ3v) is 4.62. The fourth-order valence-electron chi connectivity index (χ4n) is 2.82. The molecule has 1 aromatic rings. The lowest BCUT2D eigenvalue weighted by Crippen LogP contribution is -2.37. The second kappa shape index (κ2) is 7.28. The van der Waals surface area contributed by atoms with Gasteiger partial charge in [0.15, 0.2) is 0 Å². The molecule has 110 valence electrons. The molecule has 1 N–H and O–H groups in total. The monoisotopic (exact) mass is 314 g/mol. The first kappa shape index (κ1) is 15.6. The lowest BCUT2D eigenvalue weighted by Gasteiger charge is -2.28. The lowest BCUT2D eigenvalue weighted by atomic mass is 9.83. The number of carbonyl (C=O) groups excluding carboxylic acids is 1. The molecule has 1 amide bonds. The normalized spacial score (nSPS) is 22.6. The van der Waals surface area contributed by atoms with Crippen molar-refractivity contribution in [2.45, 2.75) is 51.5 Å². The Bertz CT molecular complexity index is 471. The molecule has 0 aromatic carbocycles. The number of nitrogens with one attached hydrogen (secondary N) is 1. The summed E-state index contributed by atoms with van der Waals surface area (Å²) in [6, 6.07) is 1.83. The number of halogens is 2. The molecular formula is C15H20Cl2N2O. The van der Waals surface area contributed by atoms with Crippen LogP contribution in [0.1, 0.15) is 55.8 Å². The summed E-state index contributed by atoms with van der Waals surface area (Å²) in [4.78, 5) is 16.0. The Labute approximate surface area is 130 Å². The van der Waals surface area contributed by atoms with Gasteiger partial charge in [-0.1, -0.05) is 43.0 Å². The molecule has 0 atom stereocenters.